The zero-order chi connectivity index (χ0) is 13.3. The highest BCUT2D eigenvalue weighted by Crippen LogP contribution is 2.35. The summed E-state index contributed by atoms with van der Waals surface area (Å²) in [5.74, 6) is -0.684. The smallest absolute Gasteiger partial charge is 0.320 e. The van der Waals surface area contributed by atoms with Crippen molar-refractivity contribution < 1.29 is 20.1 Å². The second-order valence-electron chi connectivity index (χ2n) is 4.65. The molecule has 1 aromatic rings. The molecule has 1 aliphatic rings. The number of aliphatic carboxylic acids is 1. The molecule has 0 spiro atoms. The van der Waals surface area contributed by atoms with Crippen LogP contribution in [0.2, 0.25) is 0 Å². The van der Waals surface area contributed by atoms with E-state index in [1.54, 1.807) is 0 Å². The van der Waals surface area contributed by atoms with E-state index in [1.807, 2.05) is 11.8 Å². The van der Waals surface area contributed by atoms with Crippen molar-refractivity contribution in [3.8, 4) is 11.5 Å². The Labute approximate surface area is 105 Å². The lowest BCUT2D eigenvalue weighted by Crippen LogP contribution is -2.37. The molecule has 18 heavy (non-hydrogen) atoms. The van der Waals surface area contributed by atoms with Crippen molar-refractivity contribution in [2.45, 2.75) is 31.8 Å². The molecule has 1 heterocycles. The Bertz CT molecular complexity index is 460. The van der Waals surface area contributed by atoms with Crippen molar-refractivity contribution in [1.29, 1.82) is 0 Å². The minimum Gasteiger partial charge on any atom is -0.508 e. The first-order valence-corrected chi connectivity index (χ1v) is 6.01. The van der Waals surface area contributed by atoms with Gasteiger partial charge in [-0.3, -0.25) is 9.69 Å². The number of hydrogen-bond acceptors (Lipinski definition) is 4. The van der Waals surface area contributed by atoms with Gasteiger partial charge in [-0.15, -0.1) is 0 Å². The maximum atomic E-state index is 11.1. The molecule has 5 nitrogen and oxygen atoms in total. The molecule has 1 aromatic carbocycles. The average Bonchev–Trinajstić information content (AvgIpc) is 2.80. The van der Waals surface area contributed by atoms with Gasteiger partial charge in [0, 0.05) is 11.6 Å². The molecule has 98 valence electrons. The van der Waals surface area contributed by atoms with E-state index in [0.29, 0.717) is 18.5 Å². The molecule has 0 bridgehead atoms. The van der Waals surface area contributed by atoms with Crippen LogP contribution in [0.25, 0.3) is 0 Å². The molecule has 0 amide bonds. The quantitative estimate of drug-likeness (QED) is 0.712. The Balaban J connectivity index is 2.27. The summed E-state index contributed by atoms with van der Waals surface area (Å²) in [7, 11) is 0. The van der Waals surface area contributed by atoms with Gasteiger partial charge >= 0.3 is 5.97 Å². The molecular formula is C13H17NO4. The fraction of sp³-hybridized carbons (Fsp3) is 0.462. The zero-order valence-corrected chi connectivity index (χ0v) is 10.2. The van der Waals surface area contributed by atoms with Crippen LogP contribution in [0.3, 0.4) is 0 Å². The lowest BCUT2D eigenvalue weighted by molar-refractivity contribution is -0.142. The first kappa shape index (κ1) is 12.7. The van der Waals surface area contributed by atoms with E-state index >= 15 is 0 Å². The van der Waals surface area contributed by atoms with E-state index in [-0.39, 0.29) is 17.5 Å². The maximum Gasteiger partial charge on any atom is 0.320 e. The average molecular weight is 251 g/mol. The summed E-state index contributed by atoms with van der Waals surface area (Å²) in [6.45, 7) is 2.53. The highest BCUT2D eigenvalue weighted by Gasteiger charge is 2.34. The number of carbonyl (C=O) groups is 1. The standard InChI is InChI=1S/C13H17NO4/c1-8(10-7-9(15)4-5-12(10)16)14-6-2-3-11(14)13(17)18/h4-5,7-8,11,15-16H,2-3,6H2,1H3,(H,17,18). The molecular weight excluding hydrogens is 234 g/mol. The predicted octanol–water partition coefficient (Wildman–Crippen LogP) is 1.71. The first-order chi connectivity index (χ1) is 8.50. The Kier molecular flexibility index (Phi) is 3.43. The second kappa shape index (κ2) is 4.86. The lowest BCUT2D eigenvalue weighted by Gasteiger charge is -2.29. The molecule has 0 aromatic heterocycles. The van der Waals surface area contributed by atoms with Gasteiger partial charge in [0.2, 0.25) is 0 Å². The predicted molar refractivity (Wildman–Crippen MR) is 65.6 cm³/mol. The van der Waals surface area contributed by atoms with Crippen molar-refractivity contribution in [2.24, 2.45) is 0 Å². The summed E-state index contributed by atoms with van der Waals surface area (Å²) >= 11 is 0. The van der Waals surface area contributed by atoms with Crippen LogP contribution in [-0.4, -0.2) is 38.8 Å². The number of nitrogens with zero attached hydrogens (tertiary/aromatic N) is 1. The van der Waals surface area contributed by atoms with Gasteiger partial charge in [0.15, 0.2) is 0 Å². The highest BCUT2D eigenvalue weighted by atomic mass is 16.4. The van der Waals surface area contributed by atoms with Crippen molar-refractivity contribution >= 4 is 5.97 Å². The Hall–Kier alpha value is -1.75. The SMILES string of the molecule is CC(c1cc(O)ccc1O)N1CCCC1C(=O)O. The molecule has 1 saturated heterocycles. The number of hydrogen-bond donors (Lipinski definition) is 3. The number of benzene rings is 1. The van der Waals surface area contributed by atoms with Crippen LogP contribution in [0.1, 0.15) is 31.4 Å². The van der Waals surface area contributed by atoms with Crippen molar-refractivity contribution in [2.75, 3.05) is 6.54 Å². The summed E-state index contributed by atoms with van der Waals surface area (Å²) in [5.41, 5.74) is 0.558. The normalized spacial score (nSPS) is 21.9. The van der Waals surface area contributed by atoms with Crippen molar-refractivity contribution in [3.63, 3.8) is 0 Å². The van der Waals surface area contributed by atoms with Crippen LogP contribution >= 0.6 is 0 Å². The summed E-state index contributed by atoms with van der Waals surface area (Å²) in [4.78, 5) is 13.0. The number of likely N-dealkylation sites (tertiary alicyclic amines) is 1. The fourth-order valence-corrected chi connectivity index (χ4v) is 2.57. The molecule has 1 fully saturated rings. The third-order valence-electron chi connectivity index (χ3n) is 3.54. The number of carboxylic acids is 1. The molecule has 0 aliphatic carbocycles. The lowest BCUT2D eigenvalue weighted by atomic mass is 10.0. The minimum absolute atomic E-state index is 0.0701. The third kappa shape index (κ3) is 2.26. The van der Waals surface area contributed by atoms with E-state index in [4.69, 9.17) is 5.11 Å². The molecule has 0 saturated carbocycles. The van der Waals surface area contributed by atoms with Crippen molar-refractivity contribution in [1.82, 2.24) is 4.90 Å². The number of phenolic OH excluding ortho intramolecular Hbond substituents is 2. The van der Waals surface area contributed by atoms with E-state index in [0.717, 1.165) is 6.42 Å². The van der Waals surface area contributed by atoms with Gasteiger partial charge in [-0.2, -0.15) is 0 Å². The van der Waals surface area contributed by atoms with Crippen LogP contribution in [0.4, 0.5) is 0 Å². The number of aromatic hydroxyl groups is 2. The number of rotatable bonds is 3. The van der Waals surface area contributed by atoms with E-state index in [9.17, 15) is 15.0 Å². The molecule has 2 rings (SSSR count). The second-order valence-corrected chi connectivity index (χ2v) is 4.65. The highest BCUT2D eigenvalue weighted by molar-refractivity contribution is 5.74. The van der Waals surface area contributed by atoms with Crippen molar-refractivity contribution in [3.05, 3.63) is 23.8 Å². The number of phenols is 2. The van der Waals surface area contributed by atoms with E-state index < -0.39 is 12.0 Å². The number of carboxylic acid groups (broad SMARTS) is 1. The summed E-state index contributed by atoms with van der Waals surface area (Å²) in [5, 5.41) is 28.4. The van der Waals surface area contributed by atoms with Gasteiger partial charge in [0.25, 0.3) is 0 Å². The largest absolute Gasteiger partial charge is 0.508 e. The molecule has 5 heteroatoms. The topological polar surface area (TPSA) is 81.0 Å². The summed E-state index contributed by atoms with van der Waals surface area (Å²) in [6.07, 6.45) is 1.46. The van der Waals surface area contributed by atoms with Crippen LogP contribution in [0, 0.1) is 0 Å². The van der Waals surface area contributed by atoms with Gasteiger partial charge < -0.3 is 15.3 Å². The molecule has 0 radical (unpaired) electrons. The maximum absolute atomic E-state index is 11.1. The van der Waals surface area contributed by atoms with Crippen LogP contribution in [0.15, 0.2) is 18.2 Å². The van der Waals surface area contributed by atoms with Crippen LogP contribution in [0.5, 0.6) is 11.5 Å². The van der Waals surface area contributed by atoms with Gasteiger partial charge in [-0.05, 0) is 44.5 Å². The zero-order valence-electron chi connectivity index (χ0n) is 10.2. The molecule has 2 atom stereocenters. The molecule has 2 unspecified atom stereocenters. The molecule has 3 N–H and O–H groups in total. The Morgan fingerprint density at radius 3 is 2.83 bits per heavy atom. The van der Waals surface area contributed by atoms with Crippen LogP contribution in [-0.2, 0) is 4.79 Å². The van der Waals surface area contributed by atoms with E-state index in [1.165, 1.54) is 18.2 Å². The minimum atomic E-state index is -0.834. The molecule has 1 aliphatic heterocycles. The van der Waals surface area contributed by atoms with Gasteiger partial charge in [-0.25, -0.2) is 0 Å². The summed E-state index contributed by atoms with van der Waals surface area (Å²) in [6, 6.07) is 3.57. The third-order valence-corrected chi connectivity index (χ3v) is 3.54. The van der Waals surface area contributed by atoms with Gasteiger partial charge in [0.1, 0.15) is 17.5 Å². The first-order valence-electron chi connectivity index (χ1n) is 6.01. The fourth-order valence-electron chi connectivity index (χ4n) is 2.57. The van der Waals surface area contributed by atoms with E-state index in [2.05, 4.69) is 0 Å². The summed E-state index contributed by atoms with van der Waals surface area (Å²) < 4.78 is 0. The Morgan fingerprint density at radius 2 is 2.17 bits per heavy atom. The Morgan fingerprint density at radius 1 is 1.44 bits per heavy atom. The van der Waals surface area contributed by atoms with Crippen LogP contribution < -0.4 is 0 Å². The van der Waals surface area contributed by atoms with Gasteiger partial charge in [0.05, 0.1) is 0 Å². The monoisotopic (exact) mass is 251 g/mol. The van der Waals surface area contributed by atoms with Gasteiger partial charge in [-0.1, -0.05) is 0 Å².